The van der Waals surface area contributed by atoms with Gasteiger partial charge in [0.25, 0.3) is 0 Å². The van der Waals surface area contributed by atoms with Crippen LogP contribution in [0.2, 0.25) is 5.02 Å². The first-order valence-corrected chi connectivity index (χ1v) is 9.21. The van der Waals surface area contributed by atoms with Gasteiger partial charge in [-0.05, 0) is 38.2 Å². The normalized spacial score (nSPS) is 10.6. The fourth-order valence-corrected chi connectivity index (χ4v) is 2.56. The van der Waals surface area contributed by atoms with Gasteiger partial charge in [-0.3, -0.25) is 0 Å². The maximum absolute atomic E-state index is 11.5. The second-order valence-electron chi connectivity index (χ2n) is 5.98. The lowest BCUT2D eigenvalue weighted by molar-refractivity contribution is 0.0594. The van der Waals surface area contributed by atoms with Crippen LogP contribution in [0.3, 0.4) is 0 Å². The molecule has 1 aromatic heterocycles. The number of hydrogen-bond donors (Lipinski definition) is 1. The van der Waals surface area contributed by atoms with Crippen molar-refractivity contribution in [2.45, 2.75) is 6.42 Å². The third-order valence-electron chi connectivity index (χ3n) is 3.91. The topological polar surface area (TPSA) is 85.8 Å². The molecule has 1 aromatic carbocycles. The molecule has 0 spiro atoms. The van der Waals surface area contributed by atoms with Gasteiger partial charge < -0.3 is 24.4 Å². The first-order valence-electron chi connectivity index (χ1n) is 8.83. The second kappa shape index (κ2) is 11.3. The largest absolute Gasteiger partial charge is 0.493 e. The molecule has 28 heavy (non-hydrogen) atoms. The molecule has 9 heteroatoms. The summed E-state index contributed by atoms with van der Waals surface area (Å²) in [5.74, 6) is 1.21. The van der Waals surface area contributed by atoms with Gasteiger partial charge >= 0.3 is 5.97 Å². The van der Waals surface area contributed by atoms with Crippen LogP contribution in [0.5, 0.6) is 11.5 Å². The fourth-order valence-electron chi connectivity index (χ4n) is 2.40. The smallest absolute Gasteiger partial charge is 0.356 e. The lowest BCUT2D eigenvalue weighted by Gasteiger charge is -2.18. The number of nitrogens with one attached hydrogen (secondary N) is 1. The van der Waals surface area contributed by atoms with Crippen LogP contribution in [-0.2, 0) is 4.74 Å². The van der Waals surface area contributed by atoms with Crippen molar-refractivity contribution in [3.8, 4) is 11.5 Å². The number of carbonyl (C=O) groups excluding carboxylic acids is 1. The third kappa shape index (κ3) is 6.86. The number of ether oxygens (including phenoxy) is 3. The van der Waals surface area contributed by atoms with Gasteiger partial charge in [0.2, 0.25) is 5.95 Å². The number of anilines is 1. The molecule has 1 N–H and O–H groups in total. The fraction of sp³-hybridized carbons (Fsp3) is 0.421. The summed E-state index contributed by atoms with van der Waals surface area (Å²) in [5.41, 5.74) is 0.228. The minimum absolute atomic E-state index is 0.228. The molecular formula is C19H25ClN4O4. The molecule has 0 saturated carbocycles. The molecule has 8 nitrogen and oxygen atoms in total. The van der Waals surface area contributed by atoms with Crippen molar-refractivity contribution >= 4 is 23.5 Å². The van der Waals surface area contributed by atoms with Crippen molar-refractivity contribution in [3.63, 3.8) is 0 Å². The van der Waals surface area contributed by atoms with Gasteiger partial charge in [-0.1, -0.05) is 11.6 Å². The van der Waals surface area contributed by atoms with E-state index in [1.165, 1.54) is 19.4 Å². The molecule has 0 unspecified atom stereocenters. The molecule has 0 radical (unpaired) electrons. The Morgan fingerprint density at radius 2 is 2.04 bits per heavy atom. The number of aromatic nitrogens is 2. The SMILES string of the molecule is COC(=O)c1ccnc(NCCCN(C)CCOc2cc(Cl)ccc2OC)n1. The van der Waals surface area contributed by atoms with E-state index in [1.54, 1.807) is 25.3 Å². The molecule has 0 atom stereocenters. The maximum atomic E-state index is 11.5. The summed E-state index contributed by atoms with van der Waals surface area (Å²) in [7, 11) is 4.94. The molecule has 2 rings (SSSR count). The Bertz CT molecular complexity index is 775. The van der Waals surface area contributed by atoms with Gasteiger partial charge in [0.1, 0.15) is 6.61 Å². The monoisotopic (exact) mass is 408 g/mol. The Morgan fingerprint density at radius 3 is 2.79 bits per heavy atom. The van der Waals surface area contributed by atoms with Gasteiger partial charge in [-0.15, -0.1) is 0 Å². The highest BCUT2D eigenvalue weighted by Gasteiger charge is 2.08. The van der Waals surface area contributed by atoms with Crippen LogP contribution < -0.4 is 14.8 Å². The van der Waals surface area contributed by atoms with Crippen molar-refractivity contribution in [1.29, 1.82) is 0 Å². The molecule has 1 heterocycles. The van der Waals surface area contributed by atoms with E-state index in [9.17, 15) is 4.79 Å². The van der Waals surface area contributed by atoms with Gasteiger partial charge in [0.15, 0.2) is 17.2 Å². The molecule has 0 bridgehead atoms. The van der Waals surface area contributed by atoms with Crippen molar-refractivity contribution in [2.24, 2.45) is 0 Å². The molecule has 0 amide bonds. The average molecular weight is 409 g/mol. The predicted octanol–water partition coefficient (Wildman–Crippen LogP) is 2.74. The number of likely N-dealkylation sites (N-methyl/N-ethyl adjacent to an activating group) is 1. The predicted molar refractivity (Wildman–Crippen MR) is 107 cm³/mol. The van der Waals surface area contributed by atoms with Crippen LogP contribution in [-0.4, -0.2) is 68.3 Å². The average Bonchev–Trinajstić information content (AvgIpc) is 2.71. The van der Waals surface area contributed by atoms with E-state index in [0.29, 0.717) is 35.6 Å². The highest BCUT2D eigenvalue weighted by molar-refractivity contribution is 6.30. The van der Waals surface area contributed by atoms with E-state index in [0.717, 1.165) is 19.5 Å². The zero-order valence-corrected chi connectivity index (χ0v) is 17.0. The van der Waals surface area contributed by atoms with E-state index in [-0.39, 0.29) is 5.69 Å². The second-order valence-corrected chi connectivity index (χ2v) is 6.42. The molecule has 0 saturated heterocycles. The van der Waals surface area contributed by atoms with Gasteiger partial charge in [-0.2, -0.15) is 0 Å². The van der Waals surface area contributed by atoms with Gasteiger partial charge in [0, 0.05) is 30.4 Å². The van der Waals surface area contributed by atoms with Crippen LogP contribution in [0, 0.1) is 0 Å². The number of halogens is 1. The quantitative estimate of drug-likeness (QED) is 0.448. The number of rotatable bonds is 11. The Hall–Kier alpha value is -2.58. The van der Waals surface area contributed by atoms with Gasteiger partial charge in [-0.25, -0.2) is 14.8 Å². The van der Waals surface area contributed by atoms with Crippen LogP contribution in [0.15, 0.2) is 30.5 Å². The number of carbonyl (C=O) groups is 1. The van der Waals surface area contributed by atoms with Crippen molar-refractivity contribution in [2.75, 3.05) is 52.8 Å². The Balaban J connectivity index is 1.67. The summed E-state index contributed by atoms with van der Waals surface area (Å²) < 4.78 is 15.7. The zero-order valence-electron chi connectivity index (χ0n) is 16.3. The van der Waals surface area contributed by atoms with Gasteiger partial charge in [0.05, 0.1) is 14.2 Å². The third-order valence-corrected chi connectivity index (χ3v) is 4.14. The van der Waals surface area contributed by atoms with E-state index < -0.39 is 5.97 Å². The lowest BCUT2D eigenvalue weighted by Crippen LogP contribution is -2.26. The summed E-state index contributed by atoms with van der Waals surface area (Å²) in [5, 5.41) is 3.71. The molecular weight excluding hydrogens is 384 g/mol. The minimum atomic E-state index is -0.485. The van der Waals surface area contributed by atoms with Crippen molar-refractivity contribution in [1.82, 2.24) is 14.9 Å². The molecule has 0 fully saturated rings. The summed E-state index contributed by atoms with van der Waals surface area (Å²) in [6.45, 7) is 2.81. The highest BCUT2D eigenvalue weighted by atomic mass is 35.5. The molecule has 2 aromatic rings. The Labute approximate surface area is 169 Å². The summed E-state index contributed by atoms with van der Waals surface area (Å²) >= 11 is 6.00. The lowest BCUT2D eigenvalue weighted by atomic mass is 10.3. The van der Waals surface area contributed by atoms with Crippen molar-refractivity contribution < 1.29 is 19.0 Å². The van der Waals surface area contributed by atoms with Crippen LogP contribution >= 0.6 is 11.6 Å². The molecule has 0 aliphatic carbocycles. The number of hydrogen-bond acceptors (Lipinski definition) is 8. The number of esters is 1. The van der Waals surface area contributed by atoms with Crippen LogP contribution in [0.4, 0.5) is 5.95 Å². The van der Waals surface area contributed by atoms with E-state index in [4.69, 9.17) is 21.1 Å². The maximum Gasteiger partial charge on any atom is 0.356 e. The summed E-state index contributed by atoms with van der Waals surface area (Å²) in [4.78, 5) is 21.8. The minimum Gasteiger partial charge on any atom is -0.493 e. The summed E-state index contributed by atoms with van der Waals surface area (Å²) in [6, 6.07) is 6.80. The number of nitrogens with zero attached hydrogens (tertiary/aromatic N) is 3. The first kappa shape index (κ1) is 21.7. The molecule has 0 aliphatic rings. The van der Waals surface area contributed by atoms with Crippen LogP contribution in [0.1, 0.15) is 16.9 Å². The number of methoxy groups -OCH3 is 2. The molecule has 152 valence electrons. The zero-order chi connectivity index (χ0) is 20.4. The molecule has 0 aliphatic heterocycles. The Morgan fingerprint density at radius 1 is 1.21 bits per heavy atom. The Kier molecular flexibility index (Phi) is 8.77. The summed E-state index contributed by atoms with van der Waals surface area (Å²) in [6.07, 6.45) is 2.40. The van der Waals surface area contributed by atoms with Crippen LogP contribution in [0.25, 0.3) is 0 Å². The standard InChI is InChI=1S/C19H25ClN4O4/c1-24(11-12-28-17-13-14(20)5-6-16(17)26-2)10-4-8-21-19-22-9-7-15(23-19)18(25)27-3/h5-7,9,13H,4,8,10-12H2,1-3H3,(H,21,22,23). The highest BCUT2D eigenvalue weighted by Crippen LogP contribution is 2.29. The first-order chi connectivity index (χ1) is 13.5. The van der Waals surface area contributed by atoms with Crippen molar-refractivity contribution in [3.05, 3.63) is 41.2 Å². The van der Waals surface area contributed by atoms with E-state index in [2.05, 4.69) is 24.9 Å². The van der Waals surface area contributed by atoms with E-state index in [1.807, 2.05) is 7.05 Å². The van der Waals surface area contributed by atoms with E-state index >= 15 is 0 Å². The number of benzene rings is 1.